The molecule has 1 amide bonds. The maximum atomic E-state index is 11.9. The lowest BCUT2D eigenvalue weighted by atomic mass is 9.87. The molecule has 0 fully saturated rings. The molecule has 1 aliphatic heterocycles. The number of anilines is 1. The van der Waals surface area contributed by atoms with Gasteiger partial charge < -0.3 is 10.4 Å². The summed E-state index contributed by atoms with van der Waals surface area (Å²) in [5.41, 5.74) is 4.29. The standard InChI is InChI=1S/C14H17NO3/c1-8-5-9(2)11-7-10(3-4-13(16)17)14(18)15-12(11)6-8/h5-6,10H,3-4,7H2,1-2H3,(H,15,18)(H,16,17). The van der Waals surface area contributed by atoms with Crippen LogP contribution >= 0.6 is 0 Å². The van der Waals surface area contributed by atoms with E-state index in [1.165, 1.54) is 0 Å². The van der Waals surface area contributed by atoms with E-state index in [4.69, 9.17) is 5.11 Å². The van der Waals surface area contributed by atoms with Crippen molar-refractivity contribution < 1.29 is 14.7 Å². The third-order valence-corrected chi connectivity index (χ3v) is 3.40. The van der Waals surface area contributed by atoms with Gasteiger partial charge in [0, 0.05) is 18.0 Å². The van der Waals surface area contributed by atoms with Crippen LogP contribution in [-0.4, -0.2) is 17.0 Å². The number of rotatable bonds is 3. The maximum absolute atomic E-state index is 11.9. The van der Waals surface area contributed by atoms with Crippen molar-refractivity contribution in [3.63, 3.8) is 0 Å². The molecule has 1 aromatic rings. The van der Waals surface area contributed by atoms with Crippen LogP contribution in [0, 0.1) is 19.8 Å². The van der Waals surface area contributed by atoms with Gasteiger partial charge in [-0.15, -0.1) is 0 Å². The number of fused-ring (bicyclic) bond motifs is 1. The van der Waals surface area contributed by atoms with Crippen LogP contribution < -0.4 is 5.32 Å². The van der Waals surface area contributed by atoms with E-state index in [2.05, 4.69) is 11.4 Å². The smallest absolute Gasteiger partial charge is 0.303 e. The fourth-order valence-corrected chi connectivity index (χ4v) is 2.48. The highest BCUT2D eigenvalue weighted by Crippen LogP contribution is 2.31. The van der Waals surface area contributed by atoms with E-state index in [-0.39, 0.29) is 18.2 Å². The Morgan fingerprint density at radius 3 is 2.83 bits per heavy atom. The summed E-state index contributed by atoms with van der Waals surface area (Å²) >= 11 is 0. The second-order valence-corrected chi connectivity index (χ2v) is 4.93. The molecule has 1 aromatic carbocycles. The Hall–Kier alpha value is -1.84. The lowest BCUT2D eigenvalue weighted by Gasteiger charge is -2.26. The van der Waals surface area contributed by atoms with Crippen LogP contribution in [0.25, 0.3) is 0 Å². The second-order valence-electron chi connectivity index (χ2n) is 4.93. The number of amides is 1. The molecule has 0 spiro atoms. The highest BCUT2D eigenvalue weighted by atomic mass is 16.4. The lowest BCUT2D eigenvalue weighted by molar-refractivity contribution is -0.137. The van der Waals surface area contributed by atoms with Gasteiger partial charge in [-0.1, -0.05) is 6.07 Å². The average molecular weight is 247 g/mol. The Labute approximate surface area is 106 Å². The van der Waals surface area contributed by atoms with E-state index in [1.807, 2.05) is 19.9 Å². The van der Waals surface area contributed by atoms with Crippen molar-refractivity contribution in [2.24, 2.45) is 5.92 Å². The van der Waals surface area contributed by atoms with Gasteiger partial charge in [-0.3, -0.25) is 9.59 Å². The fraction of sp³-hybridized carbons (Fsp3) is 0.429. The molecule has 0 saturated heterocycles. The van der Waals surface area contributed by atoms with Gasteiger partial charge in [0.2, 0.25) is 5.91 Å². The van der Waals surface area contributed by atoms with E-state index in [0.29, 0.717) is 12.8 Å². The Morgan fingerprint density at radius 1 is 1.44 bits per heavy atom. The molecule has 1 aliphatic rings. The van der Waals surface area contributed by atoms with Crippen molar-refractivity contribution in [2.75, 3.05) is 5.32 Å². The van der Waals surface area contributed by atoms with E-state index < -0.39 is 5.97 Å². The van der Waals surface area contributed by atoms with Crippen LogP contribution in [0.1, 0.15) is 29.5 Å². The minimum absolute atomic E-state index is 0.0400. The maximum Gasteiger partial charge on any atom is 0.303 e. The first kappa shape index (κ1) is 12.6. The molecule has 1 unspecified atom stereocenters. The number of carbonyl (C=O) groups is 2. The van der Waals surface area contributed by atoms with Crippen molar-refractivity contribution in [1.29, 1.82) is 0 Å². The van der Waals surface area contributed by atoms with Gasteiger partial charge in [-0.25, -0.2) is 0 Å². The number of carbonyl (C=O) groups excluding carboxylic acids is 1. The van der Waals surface area contributed by atoms with Gasteiger partial charge in [-0.05, 0) is 49.4 Å². The molecule has 0 saturated carbocycles. The van der Waals surface area contributed by atoms with Crippen LogP contribution in [0.2, 0.25) is 0 Å². The molecule has 2 N–H and O–H groups in total. The molecule has 4 nitrogen and oxygen atoms in total. The van der Waals surface area contributed by atoms with Crippen LogP contribution in [0.3, 0.4) is 0 Å². The number of hydrogen-bond donors (Lipinski definition) is 2. The summed E-state index contributed by atoms with van der Waals surface area (Å²) in [5, 5.41) is 11.6. The summed E-state index contributed by atoms with van der Waals surface area (Å²) < 4.78 is 0. The lowest BCUT2D eigenvalue weighted by Crippen LogP contribution is -2.30. The molecule has 1 heterocycles. The van der Waals surface area contributed by atoms with Gasteiger partial charge in [0.05, 0.1) is 0 Å². The topological polar surface area (TPSA) is 66.4 Å². The average Bonchev–Trinajstić information content (AvgIpc) is 2.26. The minimum atomic E-state index is -0.853. The molecule has 96 valence electrons. The predicted molar refractivity (Wildman–Crippen MR) is 68.6 cm³/mol. The zero-order chi connectivity index (χ0) is 13.3. The van der Waals surface area contributed by atoms with Crippen LogP contribution in [0.5, 0.6) is 0 Å². The zero-order valence-electron chi connectivity index (χ0n) is 10.6. The first-order chi connectivity index (χ1) is 8.47. The van der Waals surface area contributed by atoms with Crippen molar-refractivity contribution in [2.45, 2.75) is 33.1 Å². The molecule has 1 atom stereocenters. The fourth-order valence-electron chi connectivity index (χ4n) is 2.48. The SMILES string of the molecule is Cc1cc(C)c2c(c1)NC(=O)C(CCC(=O)O)C2. The van der Waals surface area contributed by atoms with E-state index in [1.54, 1.807) is 0 Å². The van der Waals surface area contributed by atoms with Crippen molar-refractivity contribution in [1.82, 2.24) is 0 Å². The van der Waals surface area contributed by atoms with E-state index >= 15 is 0 Å². The Morgan fingerprint density at radius 2 is 2.17 bits per heavy atom. The summed E-state index contributed by atoms with van der Waals surface area (Å²) in [5.74, 6) is -1.14. The van der Waals surface area contributed by atoms with Crippen molar-refractivity contribution >= 4 is 17.6 Å². The summed E-state index contributed by atoms with van der Waals surface area (Å²) in [6.07, 6.45) is 1.08. The summed E-state index contributed by atoms with van der Waals surface area (Å²) in [4.78, 5) is 22.5. The predicted octanol–water partition coefficient (Wildman–Crippen LogP) is 2.28. The van der Waals surface area contributed by atoms with Crippen LogP contribution in [0.4, 0.5) is 5.69 Å². The highest BCUT2D eigenvalue weighted by Gasteiger charge is 2.27. The third-order valence-electron chi connectivity index (χ3n) is 3.40. The number of benzene rings is 1. The number of aryl methyl sites for hydroxylation is 2. The van der Waals surface area contributed by atoms with Gasteiger partial charge in [0.1, 0.15) is 0 Å². The number of hydrogen-bond acceptors (Lipinski definition) is 2. The minimum Gasteiger partial charge on any atom is -0.481 e. The molecule has 0 bridgehead atoms. The molecule has 0 radical (unpaired) electrons. The van der Waals surface area contributed by atoms with Crippen LogP contribution in [0.15, 0.2) is 12.1 Å². The quantitative estimate of drug-likeness (QED) is 0.861. The first-order valence-electron chi connectivity index (χ1n) is 6.10. The monoisotopic (exact) mass is 247 g/mol. The normalized spacial score (nSPS) is 18.1. The summed E-state index contributed by atoms with van der Waals surface area (Å²) in [6.45, 7) is 4.02. The molecular formula is C14H17NO3. The largest absolute Gasteiger partial charge is 0.481 e. The van der Waals surface area contributed by atoms with Gasteiger partial charge in [0.15, 0.2) is 0 Å². The number of aliphatic carboxylic acids is 1. The zero-order valence-corrected chi connectivity index (χ0v) is 10.6. The molecule has 0 aromatic heterocycles. The Bertz CT molecular complexity index is 508. The Balaban J connectivity index is 2.22. The third kappa shape index (κ3) is 2.53. The van der Waals surface area contributed by atoms with Crippen molar-refractivity contribution in [3.05, 3.63) is 28.8 Å². The first-order valence-corrected chi connectivity index (χ1v) is 6.10. The van der Waals surface area contributed by atoms with E-state index in [9.17, 15) is 9.59 Å². The van der Waals surface area contributed by atoms with Crippen molar-refractivity contribution in [3.8, 4) is 0 Å². The summed E-state index contributed by atoms with van der Waals surface area (Å²) in [6, 6.07) is 4.05. The van der Waals surface area contributed by atoms with Crippen LogP contribution in [-0.2, 0) is 16.0 Å². The highest BCUT2D eigenvalue weighted by molar-refractivity contribution is 5.96. The van der Waals surface area contributed by atoms with Gasteiger partial charge in [0.25, 0.3) is 0 Å². The molecule has 4 heteroatoms. The second kappa shape index (κ2) is 4.80. The molecule has 18 heavy (non-hydrogen) atoms. The molecule has 2 rings (SSSR count). The number of carboxylic acid groups (broad SMARTS) is 1. The van der Waals surface area contributed by atoms with Gasteiger partial charge >= 0.3 is 5.97 Å². The number of carboxylic acids is 1. The van der Waals surface area contributed by atoms with Gasteiger partial charge in [-0.2, -0.15) is 0 Å². The van der Waals surface area contributed by atoms with E-state index in [0.717, 1.165) is 22.4 Å². The molecular weight excluding hydrogens is 230 g/mol. The summed E-state index contributed by atoms with van der Waals surface area (Å²) in [7, 11) is 0. The Kier molecular flexibility index (Phi) is 3.36. The molecule has 0 aliphatic carbocycles. The number of nitrogens with one attached hydrogen (secondary N) is 1.